The minimum Gasteiger partial charge on any atom is -0.261 e. The van der Waals surface area contributed by atoms with Gasteiger partial charge >= 0.3 is 0 Å². The van der Waals surface area contributed by atoms with Crippen LogP contribution in [0.4, 0.5) is 0 Å². The maximum Gasteiger partial charge on any atom is 0.235 e. The zero-order valence-electron chi connectivity index (χ0n) is 9.46. The highest BCUT2D eigenvalue weighted by Crippen LogP contribution is 2.30. The summed E-state index contributed by atoms with van der Waals surface area (Å²) in [4.78, 5) is 10.1. The Bertz CT molecular complexity index is 818. The van der Waals surface area contributed by atoms with Gasteiger partial charge in [-0.15, -0.1) is 21.5 Å². The normalized spacial score (nSPS) is 11.2. The summed E-state index contributed by atoms with van der Waals surface area (Å²) < 4.78 is 1.71. The molecule has 0 spiro atoms. The number of aromatic nitrogens is 6. The fourth-order valence-electron chi connectivity index (χ4n) is 1.69. The van der Waals surface area contributed by atoms with E-state index < -0.39 is 0 Å². The quantitative estimate of drug-likeness (QED) is 0.566. The van der Waals surface area contributed by atoms with E-state index in [0.717, 1.165) is 14.8 Å². The van der Waals surface area contributed by atoms with Gasteiger partial charge in [0.15, 0.2) is 5.01 Å². The summed E-state index contributed by atoms with van der Waals surface area (Å²) in [6, 6.07) is 4.05. The maximum atomic E-state index is 4.54. The zero-order valence-corrected chi connectivity index (χ0v) is 11.1. The van der Waals surface area contributed by atoms with Crippen molar-refractivity contribution < 1.29 is 0 Å². The molecule has 0 aliphatic carbocycles. The summed E-state index contributed by atoms with van der Waals surface area (Å²) in [6.45, 7) is 0. The Morgan fingerprint density at radius 1 is 1.16 bits per heavy atom. The van der Waals surface area contributed by atoms with Gasteiger partial charge in [-0.25, -0.2) is 4.98 Å². The predicted molar refractivity (Wildman–Crippen MR) is 73.0 cm³/mol. The monoisotopic (exact) mass is 286 g/mol. The van der Waals surface area contributed by atoms with Crippen LogP contribution < -0.4 is 0 Å². The van der Waals surface area contributed by atoms with E-state index in [1.807, 2.05) is 17.5 Å². The average Bonchev–Trinajstić information content (AvgIpc) is 3.15. The molecular weight excluding hydrogens is 280 g/mol. The fraction of sp³-hybridized carbons (Fsp3) is 0. The third kappa shape index (κ3) is 1.72. The molecule has 19 heavy (non-hydrogen) atoms. The molecule has 0 saturated heterocycles. The third-order valence-corrected chi connectivity index (χ3v) is 4.45. The molecule has 0 fully saturated rings. The summed E-state index contributed by atoms with van der Waals surface area (Å²) in [5.41, 5.74) is 0.665. The third-order valence-electron chi connectivity index (χ3n) is 2.52. The second-order valence-corrected chi connectivity index (χ2v) is 5.60. The Hall–Kier alpha value is -2.19. The van der Waals surface area contributed by atoms with Crippen LogP contribution in [-0.2, 0) is 0 Å². The Kier molecular flexibility index (Phi) is 2.35. The first kappa shape index (κ1) is 10.7. The molecule has 0 bridgehead atoms. The number of rotatable bonds is 2. The predicted octanol–water partition coefficient (Wildman–Crippen LogP) is 2.37. The van der Waals surface area contributed by atoms with Gasteiger partial charge in [0.05, 0.1) is 11.1 Å². The number of fused-ring (bicyclic) bond motifs is 1. The van der Waals surface area contributed by atoms with E-state index in [4.69, 9.17) is 0 Å². The number of hydrogen-bond acceptors (Lipinski definition) is 7. The minimum absolute atomic E-state index is 0.613. The molecule has 4 rings (SSSR count). The van der Waals surface area contributed by atoms with Crippen LogP contribution in [0.1, 0.15) is 0 Å². The highest BCUT2D eigenvalue weighted by molar-refractivity contribution is 7.23. The van der Waals surface area contributed by atoms with Crippen LogP contribution in [0.5, 0.6) is 0 Å². The zero-order chi connectivity index (χ0) is 12.7. The highest BCUT2D eigenvalue weighted by Gasteiger charge is 2.15. The lowest BCUT2D eigenvalue weighted by molar-refractivity contribution is 0.959. The first-order chi connectivity index (χ1) is 9.42. The first-order valence-electron chi connectivity index (χ1n) is 5.44. The minimum atomic E-state index is 0.613. The highest BCUT2D eigenvalue weighted by atomic mass is 32.1. The van der Waals surface area contributed by atoms with E-state index in [-0.39, 0.29) is 0 Å². The largest absolute Gasteiger partial charge is 0.261 e. The summed E-state index contributed by atoms with van der Waals surface area (Å²) in [5, 5.41) is 15.7. The van der Waals surface area contributed by atoms with E-state index in [2.05, 4.69) is 25.3 Å². The van der Waals surface area contributed by atoms with Crippen molar-refractivity contribution in [3.05, 3.63) is 36.1 Å². The van der Waals surface area contributed by atoms with Gasteiger partial charge in [0.25, 0.3) is 0 Å². The summed E-state index contributed by atoms with van der Waals surface area (Å²) in [6.07, 6.45) is 4.91. The molecule has 0 saturated carbocycles. The Morgan fingerprint density at radius 3 is 2.95 bits per heavy atom. The molecule has 4 heterocycles. The number of nitrogens with zero attached hydrogens (tertiary/aromatic N) is 6. The molecule has 0 aliphatic rings. The molecule has 0 aromatic carbocycles. The Morgan fingerprint density at radius 2 is 2.16 bits per heavy atom. The van der Waals surface area contributed by atoms with Crippen molar-refractivity contribution in [1.82, 2.24) is 29.8 Å². The lowest BCUT2D eigenvalue weighted by atomic mass is 10.4. The van der Waals surface area contributed by atoms with Gasteiger partial charge in [-0.2, -0.15) is 9.61 Å². The van der Waals surface area contributed by atoms with Gasteiger partial charge in [0, 0.05) is 12.4 Å². The van der Waals surface area contributed by atoms with Crippen molar-refractivity contribution in [3.63, 3.8) is 0 Å². The maximum absolute atomic E-state index is 4.54. The van der Waals surface area contributed by atoms with E-state index in [1.165, 1.54) is 11.3 Å². The molecule has 6 nitrogen and oxygen atoms in total. The summed E-state index contributed by atoms with van der Waals surface area (Å²) in [5.74, 6) is 0.613. The van der Waals surface area contributed by atoms with Gasteiger partial charge in [-0.1, -0.05) is 17.4 Å². The Balaban J connectivity index is 1.90. The standard InChI is InChI=1S/C11H6N6S2/c1-2-8(18-5-1)10-16-17-9(14-15-11(17)19-10)7-6-12-3-4-13-7/h1-6H. The lowest BCUT2D eigenvalue weighted by Crippen LogP contribution is -1.93. The van der Waals surface area contributed by atoms with Crippen LogP contribution in [0.2, 0.25) is 0 Å². The molecule has 4 aromatic heterocycles. The van der Waals surface area contributed by atoms with Gasteiger partial charge in [0.1, 0.15) is 5.69 Å². The van der Waals surface area contributed by atoms with Crippen LogP contribution in [0.3, 0.4) is 0 Å². The lowest BCUT2D eigenvalue weighted by Gasteiger charge is -1.93. The van der Waals surface area contributed by atoms with Crippen molar-refractivity contribution in [2.75, 3.05) is 0 Å². The second kappa shape index (κ2) is 4.18. The topological polar surface area (TPSA) is 68.9 Å². The fourth-order valence-corrected chi connectivity index (χ4v) is 3.32. The molecule has 92 valence electrons. The van der Waals surface area contributed by atoms with E-state index in [0.29, 0.717) is 11.5 Å². The van der Waals surface area contributed by atoms with Crippen molar-refractivity contribution in [1.29, 1.82) is 0 Å². The van der Waals surface area contributed by atoms with Gasteiger partial charge in [0.2, 0.25) is 10.8 Å². The average molecular weight is 286 g/mol. The van der Waals surface area contributed by atoms with Crippen LogP contribution in [0.25, 0.3) is 26.4 Å². The van der Waals surface area contributed by atoms with Gasteiger partial charge in [-0.05, 0) is 11.4 Å². The molecule has 0 radical (unpaired) electrons. The summed E-state index contributed by atoms with van der Waals surface area (Å²) in [7, 11) is 0. The number of thiophene rings is 1. The van der Waals surface area contributed by atoms with E-state index >= 15 is 0 Å². The van der Waals surface area contributed by atoms with Crippen molar-refractivity contribution in [3.8, 4) is 21.4 Å². The molecular formula is C11H6N6S2. The smallest absolute Gasteiger partial charge is 0.235 e. The van der Waals surface area contributed by atoms with Crippen LogP contribution in [0.15, 0.2) is 36.1 Å². The second-order valence-electron chi connectivity index (χ2n) is 3.69. The van der Waals surface area contributed by atoms with Crippen molar-refractivity contribution >= 4 is 27.6 Å². The van der Waals surface area contributed by atoms with Crippen LogP contribution in [-0.4, -0.2) is 29.8 Å². The van der Waals surface area contributed by atoms with Gasteiger partial charge in [-0.3, -0.25) is 4.98 Å². The van der Waals surface area contributed by atoms with Crippen LogP contribution >= 0.6 is 22.7 Å². The Labute approximate surface area is 115 Å². The SMILES string of the molecule is c1csc(-c2nn3c(-c4cnccn4)nnc3s2)c1. The molecule has 0 unspecified atom stereocenters. The number of hydrogen-bond donors (Lipinski definition) is 0. The van der Waals surface area contributed by atoms with Crippen molar-refractivity contribution in [2.24, 2.45) is 0 Å². The molecule has 4 aromatic rings. The molecule has 0 amide bonds. The van der Waals surface area contributed by atoms with Gasteiger partial charge < -0.3 is 0 Å². The molecule has 0 N–H and O–H groups in total. The van der Waals surface area contributed by atoms with E-state index in [1.54, 1.807) is 34.4 Å². The van der Waals surface area contributed by atoms with E-state index in [9.17, 15) is 0 Å². The van der Waals surface area contributed by atoms with Crippen LogP contribution in [0, 0.1) is 0 Å². The van der Waals surface area contributed by atoms with Crippen molar-refractivity contribution in [2.45, 2.75) is 0 Å². The molecule has 8 heteroatoms. The first-order valence-corrected chi connectivity index (χ1v) is 7.14. The molecule has 0 aliphatic heterocycles. The summed E-state index contributed by atoms with van der Waals surface area (Å²) >= 11 is 3.17. The molecule has 0 atom stereocenters.